The van der Waals surface area contributed by atoms with E-state index in [1.807, 2.05) is 25.2 Å². The molecular weight excluding hydrogens is 335 g/mol. The van der Waals surface area contributed by atoms with E-state index in [0.717, 1.165) is 29.3 Å². The number of nitrogens with zero attached hydrogens (tertiary/aromatic N) is 2. The first-order chi connectivity index (χ1) is 12.7. The Hall–Kier alpha value is -2.86. The highest BCUT2D eigenvalue weighted by molar-refractivity contribution is 5.52. The van der Waals surface area contributed by atoms with Crippen LogP contribution in [-0.2, 0) is 13.1 Å². The molecule has 2 aromatic carbocycles. The SMILES string of the molecule is CN(Cc1ccc2c(c1)OCCO2)Cc1coc(-c2cccc(F)c2)n1. The summed E-state index contributed by atoms with van der Waals surface area (Å²) in [5.74, 6) is 1.70. The standard InChI is InChI=1S/C20H19FN2O3/c1-23(11-14-5-6-18-19(9-14)25-8-7-24-18)12-17-13-26-20(22-17)15-3-2-4-16(21)10-15/h2-6,9-10,13H,7-8,11-12H2,1H3. The van der Waals surface area contributed by atoms with Crippen LogP contribution in [0.1, 0.15) is 11.3 Å². The zero-order valence-corrected chi connectivity index (χ0v) is 14.4. The van der Waals surface area contributed by atoms with Crippen LogP contribution in [0.5, 0.6) is 11.5 Å². The number of aromatic nitrogens is 1. The zero-order chi connectivity index (χ0) is 17.9. The molecule has 0 saturated carbocycles. The lowest BCUT2D eigenvalue weighted by molar-refractivity contribution is 0.171. The fraction of sp³-hybridized carbons (Fsp3) is 0.250. The Morgan fingerprint density at radius 2 is 1.88 bits per heavy atom. The van der Waals surface area contributed by atoms with Gasteiger partial charge in [0.05, 0.1) is 5.69 Å². The van der Waals surface area contributed by atoms with Crippen LogP contribution in [0.3, 0.4) is 0 Å². The lowest BCUT2D eigenvalue weighted by Gasteiger charge is -2.20. The molecule has 0 bridgehead atoms. The van der Waals surface area contributed by atoms with E-state index >= 15 is 0 Å². The summed E-state index contributed by atoms with van der Waals surface area (Å²) in [7, 11) is 2.01. The highest BCUT2D eigenvalue weighted by Gasteiger charge is 2.14. The first kappa shape index (κ1) is 16.6. The number of hydrogen-bond acceptors (Lipinski definition) is 5. The van der Waals surface area contributed by atoms with Crippen LogP contribution in [0, 0.1) is 5.82 Å². The van der Waals surface area contributed by atoms with Crippen LogP contribution < -0.4 is 9.47 Å². The van der Waals surface area contributed by atoms with Gasteiger partial charge in [0, 0.05) is 18.7 Å². The molecule has 134 valence electrons. The highest BCUT2D eigenvalue weighted by atomic mass is 19.1. The minimum atomic E-state index is -0.307. The fourth-order valence-electron chi connectivity index (χ4n) is 2.96. The van der Waals surface area contributed by atoms with E-state index < -0.39 is 0 Å². The first-order valence-corrected chi connectivity index (χ1v) is 8.45. The quantitative estimate of drug-likeness (QED) is 0.696. The molecule has 1 aliphatic rings. The van der Waals surface area contributed by atoms with Gasteiger partial charge in [0.15, 0.2) is 11.5 Å². The van der Waals surface area contributed by atoms with Gasteiger partial charge >= 0.3 is 0 Å². The lowest BCUT2D eigenvalue weighted by Crippen LogP contribution is -2.18. The van der Waals surface area contributed by atoms with Crippen molar-refractivity contribution in [2.75, 3.05) is 20.3 Å². The van der Waals surface area contributed by atoms with Crippen LogP contribution in [0.15, 0.2) is 53.1 Å². The van der Waals surface area contributed by atoms with Crippen molar-refractivity contribution in [2.45, 2.75) is 13.1 Å². The number of fused-ring (bicyclic) bond motifs is 1. The molecule has 0 unspecified atom stereocenters. The Morgan fingerprint density at radius 1 is 1.04 bits per heavy atom. The molecule has 4 rings (SSSR count). The van der Waals surface area contributed by atoms with Gasteiger partial charge in [-0.15, -0.1) is 0 Å². The molecule has 0 N–H and O–H groups in total. The van der Waals surface area contributed by atoms with E-state index in [1.54, 1.807) is 18.4 Å². The molecule has 0 spiro atoms. The molecule has 0 radical (unpaired) electrons. The van der Waals surface area contributed by atoms with Crippen molar-refractivity contribution in [3.63, 3.8) is 0 Å². The Labute approximate surface area is 151 Å². The van der Waals surface area contributed by atoms with E-state index in [-0.39, 0.29) is 5.82 Å². The van der Waals surface area contributed by atoms with E-state index in [0.29, 0.717) is 31.2 Å². The Balaban J connectivity index is 1.41. The molecule has 1 aliphatic heterocycles. The third kappa shape index (κ3) is 3.70. The Bertz CT molecular complexity index is 910. The third-order valence-electron chi connectivity index (χ3n) is 4.11. The van der Waals surface area contributed by atoms with Crippen molar-refractivity contribution >= 4 is 0 Å². The van der Waals surface area contributed by atoms with E-state index in [1.165, 1.54) is 12.1 Å². The minimum Gasteiger partial charge on any atom is -0.486 e. The van der Waals surface area contributed by atoms with E-state index in [2.05, 4.69) is 9.88 Å². The average molecular weight is 354 g/mol. The molecule has 1 aromatic heterocycles. The van der Waals surface area contributed by atoms with Crippen molar-refractivity contribution in [1.29, 1.82) is 0 Å². The second-order valence-corrected chi connectivity index (χ2v) is 6.30. The summed E-state index contributed by atoms with van der Waals surface area (Å²) in [6.07, 6.45) is 1.61. The van der Waals surface area contributed by atoms with Crippen molar-refractivity contribution in [2.24, 2.45) is 0 Å². The van der Waals surface area contributed by atoms with Gasteiger partial charge in [-0.2, -0.15) is 0 Å². The van der Waals surface area contributed by atoms with Crippen LogP contribution in [0.2, 0.25) is 0 Å². The number of ether oxygens (including phenoxy) is 2. The van der Waals surface area contributed by atoms with E-state index in [4.69, 9.17) is 13.9 Å². The van der Waals surface area contributed by atoms with Crippen LogP contribution in [0.25, 0.3) is 11.5 Å². The lowest BCUT2D eigenvalue weighted by atomic mass is 10.2. The number of benzene rings is 2. The fourth-order valence-corrected chi connectivity index (χ4v) is 2.96. The molecule has 0 fully saturated rings. The van der Waals surface area contributed by atoms with Gasteiger partial charge in [-0.25, -0.2) is 9.37 Å². The van der Waals surface area contributed by atoms with Crippen LogP contribution in [0.4, 0.5) is 4.39 Å². The number of hydrogen-bond donors (Lipinski definition) is 0. The molecule has 0 aliphatic carbocycles. The summed E-state index contributed by atoms with van der Waals surface area (Å²) in [6.45, 7) is 2.52. The Kier molecular flexibility index (Phi) is 4.58. The summed E-state index contributed by atoms with van der Waals surface area (Å²) < 4.78 is 30.0. The molecular formula is C20H19FN2O3. The third-order valence-corrected chi connectivity index (χ3v) is 4.11. The summed E-state index contributed by atoms with van der Waals surface area (Å²) in [4.78, 5) is 6.58. The van der Waals surface area contributed by atoms with Crippen molar-refractivity contribution in [3.05, 3.63) is 65.8 Å². The molecule has 0 saturated heterocycles. The predicted molar refractivity (Wildman–Crippen MR) is 94.5 cm³/mol. The average Bonchev–Trinajstić information content (AvgIpc) is 3.10. The number of oxazole rings is 1. The van der Waals surface area contributed by atoms with Crippen LogP contribution >= 0.6 is 0 Å². The minimum absolute atomic E-state index is 0.307. The topological polar surface area (TPSA) is 47.7 Å². The van der Waals surface area contributed by atoms with Gasteiger partial charge < -0.3 is 13.9 Å². The van der Waals surface area contributed by atoms with Gasteiger partial charge in [-0.05, 0) is 42.9 Å². The molecule has 2 heterocycles. The van der Waals surface area contributed by atoms with Gasteiger partial charge in [-0.3, -0.25) is 4.90 Å². The van der Waals surface area contributed by atoms with Gasteiger partial charge in [0.1, 0.15) is 25.3 Å². The van der Waals surface area contributed by atoms with Gasteiger partial charge in [0.2, 0.25) is 5.89 Å². The first-order valence-electron chi connectivity index (χ1n) is 8.45. The molecule has 26 heavy (non-hydrogen) atoms. The van der Waals surface area contributed by atoms with Gasteiger partial charge in [0.25, 0.3) is 0 Å². The maximum absolute atomic E-state index is 13.3. The predicted octanol–water partition coefficient (Wildman–Crippen LogP) is 3.88. The summed E-state index contributed by atoms with van der Waals surface area (Å²) >= 11 is 0. The van der Waals surface area contributed by atoms with Crippen molar-refractivity contribution in [3.8, 4) is 23.0 Å². The summed E-state index contributed by atoms with van der Waals surface area (Å²) in [5, 5.41) is 0. The molecule has 3 aromatic rings. The largest absolute Gasteiger partial charge is 0.486 e. The molecule has 0 atom stereocenters. The normalized spacial score (nSPS) is 13.2. The van der Waals surface area contributed by atoms with E-state index in [9.17, 15) is 4.39 Å². The zero-order valence-electron chi connectivity index (χ0n) is 14.4. The highest BCUT2D eigenvalue weighted by Crippen LogP contribution is 2.31. The molecule has 6 heteroatoms. The Morgan fingerprint density at radius 3 is 2.73 bits per heavy atom. The monoisotopic (exact) mass is 354 g/mol. The number of halogens is 1. The summed E-state index contributed by atoms with van der Waals surface area (Å²) in [5.41, 5.74) is 2.56. The number of rotatable bonds is 5. The molecule has 0 amide bonds. The molecule has 5 nitrogen and oxygen atoms in total. The second-order valence-electron chi connectivity index (χ2n) is 6.30. The maximum atomic E-state index is 13.3. The van der Waals surface area contributed by atoms with Crippen LogP contribution in [-0.4, -0.2) is 30.1 Å². The second kappa shape index (κ2) is 7.17. The van der Waals surface area contributed by atoms with Crippen molar-refractivity contribution in [1.82, 2.24) is 9.88 Å². The smallest absolute Gasteiger partial charge is 0.226 e. The summed E-state index contributed by atoms with van der Waals surface area (Å²) in [6, 6.07) is 12.2. The maximum Gasteiger partial charge on any atom is 0.226 e. The van der Waals surface area contributed by atoms with Gasteiger partial charge in [-0.1, -0.05) is 12.1 Å². The van der Waals surface area contributed by atoms with Crippen molar-refractivity contribution < 1.29 is 18.3 Å².